The van der Waals surface area contributed by atoms with Gasteiger partial charge >= 0.3 is 0 Å². The average molecular weight is 302 g/mol. The van der Waals surface area contributed by atoms with Crippen LogP contribution < -0.4 is 5.32 Å². The summed E-state index contributed by atoms with van der Waals surface area (Å²) in [6.45, 7) is 0.342. The average Bonchev–Trinajstić information content (AvgIpc) is 3.02. The molecule has 0 saturated heterocycles. The standard InChI is InChI=1S/C16H13ClFN3/c17-14-2-1-3-15(18)13(14)10-19-12-6-4-11(5-7-12)16-8-9-20-21-16/h1-9,19H,10H2,(H,20,21). The maximum atomic E-state index is 13.7. The van der Waals surface area contributed by atoms with Gasteiger partial charge in [0.2, 0.25) is 0 Å². The Morgan fingerprint density at radius 2 is 1.90 bits per heavy atom. The van der Waals surface area contributed by atoms with Gasteiger partial charge in [-0.15, -0.1) is 0 Å². The van der Waals surface area contributed by atoms with Gasteiger partial charge in [0.1, 0.15) is 5.82 Å². The van der Waals surface area contributed by atoms with Crippen LogP contribution in [0.15, 0.2) is 54.7 Å². The molecule has 0 atom stereocenters. The molecule has 0 aliphatic carbocycles. The van der Waals surface area contributed by atoms with Crippen molar-refractivity contribution in [3.8, 4) is 11.3 Å². The van der Waals surface area contributed by atoms with Crippen LogP contribution in [-0.2, 0) is 6.54 Å². The Hall–Kier alpha value is -2.33. The molecule has 106 valence electrons. The molecule has 21 heavy (non-hydrogen) atoms. The Kier molecular flexibility index (Phi) is 3.88. The monoisotopic (exact) mass is 301 g/mol. The van der Waals surface area contributed by atoms with Crippen molar-refractivity contribution in [1.82, 2.24) is 10.2 Å². The lowest BCUT2D eigenvalue weighted by Crippen LogP contribution is -2.02. The van der Waals surface area contributed by atoms with Gasteiger partial charge in [-0.05, 0) is 35.9 Å². The van der Waals surface area contributed by atoms with Crippen molar-refractivity contribution in [2.45, 2.75) is 6.54 Å². The van der Waals surface area contributed by atoms with E-state index < -0.39 is 0 Å². The van der Waals surface area contributed by atoms with Crippen LogP contribution in [0.2, 0.25) is 5.02 Å². The third-order valence-electron chi connectivity index (χ3n) is 3.23. The van der Waals surface area contributed by atoms with E-state index in [-0.39, 0.29) is 5.82 Å². The summed E-state index contributed by atoms with van der Waals surface area (Å²) in [4.78, 5) is 0. The first-order valence-corrected chi connectivity index (χ1v) is 6.88. The minimum absolute atomic E-state index is 0.302. The maximum Gasteiger partial charge on any atom is 0.129 e. The van der Waals surface area contributed by atoms with Gasteiger partial charge in [-0.3, -0.25) is 5.10 Å². The van der Waals surface area contributed by atoms with E-state index in [1.165, 1.54) is 6.07 Å². The first-order chi connectivity index (χ1) is 10.2. The molecule has 0 aliphatic heterocycles. The van der Waals surface area contributed by atoms with Crippen molar-refractivity contribution >= 4 is 17.3 Å². The predicted molar refractivity (Wildman–Crippen MR) is 82.8 cm³/mol. The van der Waals surface area contributed by atoms with E-state index in [1.807, 2.05) is 30.3 Å². The van der Waals surface area contributed by atoms with Crippen LogP contribution in [0.1, 0.15) is 5.56 Å². The Balaban J connectivity index is 1.71. The zero-order valence-corrected chi connectivity index (χ0v) is 11.9. The fourth-order valence-corrected chi connectivity index (χ4v) is 2.31. The number of halogens is 2. The van der Waals surface area contributed by atoms with Gasteiger partial charge in [0.25, 0.3) is 0 Å². The van der Waals surface area contributed by atoms with Gasteiger partial charge in [-0.25, -0.2) is 4.39 Å². The van der Waals surface area contributed by atoms with Crippen molar-refractivity contribution in [2.75, 3.05) is 5.32 Å². The van der Waals surface area contributed by atoms with Crippen molar-refractivity contribution in [1.29, 1.82) is 0 Å². The lowest BCUT2D eigenvalue weighted by Gasteiger charge is -2.09. The molecule has 1 aromatic heterocycles. The van der Waals surface area contributed by atoms with Crippen LogP contribution in [0.4, 0.5) is 10.1 Å². The molecule has 0 amide bonds. The van der Waals surface area contributed by atoms with Crippen molar-refractivity contribution in [2.24, 2.45) is 0 Å². The minimum atomic E-state index is -0.302. The summed E-state index contributed by atoms with van der Waals surface area (Å²) in [6, 6.07) is 14.4. The lowest BCUT2D eigenvalue weighted by atomic mass is 10.1. The summed E-state index contributed by atoms with van der Waals surface area (Å²) in [5.74, 6) is -0.302. The molecule has 0 spiro atoms. The Bertz CT molecular complexity index is 704. The van der Waals surface area contributed by atoms with Gasteiger partial charge in [0.15, 0.2) is 0 Å². The number of hydrogen-bond acceptors (Lipinski definition) is 2. The third kappa shape index (κ3) is 3.06. The predicted octanol–water partition coefficient (Wildman–Crippen LogP) is 4.48. The van der Waals surface area contributed by atoms with Crippen molar-refractivity contribution in [3.63, 3.8) is 0 Å². The molecular formula is C16H13ClFN3. The molecule has 0 bridgehead atoms. The minimum Gasteiger partial charge on any atom is -0.381 e. The lowest BCUT2D eigenvalue weighted by molar-refractivity contribution is 0.613. The van der Waals surface area contributed by atoms with Crippen LogP contribution in [0.25, 0.3) is 11.3 Å². The zero-order chi connectivity index (χ0) is 14.7. The summed E-state index contributed by atoms with van der Waals surface area (Å²) < 4.78 is 13.7. The number of aromatic amines is 1. The Morgan fingerprint density at radius 3 is 2.57 bits per heavy atom. The molecule has 0 saturated carbocycles. The van der Waals surface area contributed by atoms with Gasteiger partial charge in [0, 0.05) is 29.0 Å². The first kappa shape index (κ1) is 13.6. The van der Waals surface area contributed by atoms with E-state index in [1.54, 1.807) is 18.3 Å². The van der Waals surface area contributed by atoms with Crippen LogP contribution in [0.3, 0.4) is 0 Å². The van der Waals surface area contributed by atoms with E-state index in [2.05, 4.69) is 15.5 Å². The van der Waals surface area contributed by atoms with E-state index in [0.29, 0.717) is 17.1 Å². The molecule has 2 aromatic carbocycles. The maximum absolute atomic E-state index is 13.7. The molecule has 3 aromatic rings. The zero-order valence-electron chi connectivity index (χ0n) is 11.1. The van der Waals surface area contributed by atoms with Gasteiger partial charge in [0.05, 0.1) is 5.69 Å². The summed E-state index contributed by atoms with van der Waals surface area (Å²) in [7, 11) is 0. The number of H-pyrrole nitrogens is 1. The van der Waals surface area contributed by atoms with Gasteiger partial charge in [-0.2, -0.15) is 5.10 Å². The molecule has 3 rings (SSSR count). The molecule has 3 nitrogen and oxygen atoms in total. The van der Waals surface area contributed by atoms with Crippen molar-refractivity contribution in [3.05, 3.63) is 71.1 Å². The fourth-order valence-electron chi connectivity index (χ4n) is 2.08. The smallest absolute Gasteiger partial charge is 0.129 e. The van der Waals surface area contributed by atoms with Gasteiger partial charge < -0.3 is 5.32 Å². The molecule has 0 aliphatic rings. The van der Waals surface area contributed by atoms with Crippen LogP contribution >= 0.6 is 11.6 Å². The Morgan fingerprint density at radius 1 is 1.10 bits per heavy atom. The SMILES string of the molecule is Fc1cccc(Cl)c1CNc1ccc(-c2ccn[nH]2)cc1. The fraction of sp³-hybridized carbons (Fsp3) is 0.0625. The van der Waals surface area contributed by atoms with E-state index in [0.717, 1.165) is 16.9 Å². The second kappa shape index (κ2) is 5.97. The number of benzene rings is 2. The number of anilines is 1. The normalized spacial score (nSPS) is 10.6. The number of nitrogens with zero attached hydrogens (tertiary/aromatic N) is 1. The molecule has 0 radical (unpaired) electrons. The summed E-state index contributed by atoms with van der Waals surface area (Å²) >= 11 is 6.00. The van der Waals surface area contributed by atoms with Gasteiger partial charge in [-0.1, -0.05) is 29.8 Å². The molecule has 0 unspecified atom stereocenters. The first-order valence-electron chi connectivity index (χ1n) is 6.50. The Labute approximate surface area is 126 Å². The topological polar surface area (TPSA) is 40.7 Å². The second-order valence-electron chi connectivity index (χ2n) is 4.60. The molecular weight excluding hydrogens is 289 g/mol. The van der Waals surface area contributed by atoms with Crippen LogP contribution in [-0.4, -0.2) is 10.2 Å². The number of rotatable bonds is 4. The van der Waals surface area contributed by atoms with E-state index in [4.69, 9.17) is 11.6 Å². The summed E-state index contributed by atoms with van der Waals surface area (Å²) in [5, 5.41) is 10.4. The number of aromatic nitrogens is 2. The van der Waals surface area contributed by atoms with E-state index >= 15 is 0 Å². The molecule has 5 heteroatoms. The van der Waals surface area contributed by atoms with Crippen LogP contribution in [0.5, 0.6) is 0 Å². The summed E-state index contributed by atoms with van der Waals surface area (Å²) in [6.07, 6.45) is 1.71. The highest BCUT2D eigenvalue weighted by Crippen LogP contribution is 2.22. The quantitative estimate of drug-likeness (QED) is 0.746. The molecule has 0 fully saturated rings. The number of hydrogen-bond donors (Lipinski definition) is 2. The van der Waals surface area contributed by atoms with Crippen molar-refractivity contribution < 1.29 is 4.39 Å². The second-order valence-corrected chi connectivity index (χ2v) is 5.01. The van der Waals surface area contributed by atoms with E-state index in [9.17, 15) is 4.39 Å². The largest absolute Gasteiger partial charge is 0.381 e. The highest BCUT2D eigenvalue weighted by Gasteiger charge is 2.06. The highest BCUT2D eigenvalue weighted by molar-refractivity contribution is 6.31. The molecule has 2 N–H and O–H groups in total. The third-order valence-corrected chi connectivity index (χ3v) is 3.58. The molecule has 1 heterocycles. The summed E-state index contributed by atoms with van der Waals surface area (Å²) in [5.41, 5.74) is 3.37. The number of nitrogens with one attached hydrogen (secondary N) is 2. The highest BCUT2D eigenvalue weighted by atomic mass is 35.5. The van der Waals surface area contributed by atoms with Crippen LogP contribution in [0, 0.1) is 5.82 Å².